The lowest BCUT2D eigenvalue weighted by atomic mass is 10.3. The summed E-state index contributed by atoms with van der Waals surface area (Å²) < 4.78 is 25.7. The van der Waals surface area contributed by atoms with Crippen molar-refractivity contribution in [2.45, 2.75) is 18.4 Å². The number of aromatic nitrogens is 4. The van der Waals surface area contributed by atoms with Gasteiger partial charge in [0.25, 0.3) is 15.6 Å². The van der Waals surface area contributed by atoms with Gasteiger partial charge in [0.1, 0.15) is 0 Å². The fourth-order valence-electron chi connectivity index (χ4n) is 2.25. The zero-order valence-electron chi connectivity index (χ0n) is 14.1. The molecule has 0 aliphatic heterocycles. The van der Waals surface area contributed by atoms with Crippen LogP contribution >= 0.6 is 0 Å². The van der Waals surface area contributed by atoms with E-state index in [0.29, 0.717) is 11.4 Å². The van der Waals surface area contributed by atoms with Crippen molar-refractivity contribution in [3.05, 3.63) is 46.5 Å². The summed E-state index contributed by atoms with van der Waals surface area (Å²) in [6.45, 7) is 1.36. The molecule has 0 spiro atoms. The van der Waals surface area contributed by atoms with E-state index in [9.17, 15) is 18.0 Å². The van der Waals surface area contributed by atoms with Crippen molar-refractivity contribution in [1.29, 1.82) is 0 Å². The van der Waals surface area contributed by atoms with Gasteiger partial charge in [0.2, 0.25) is 11.9 Å². The number of rotatable bonds is 5. The minimum absolute atomic E-state index is 0.0380. The Balaban J connectivity index is 1.74. The average molecular weight is 389 g/mol. The van der Waals surface area contributed by atoms with Gasteiger partial charge >= 0.3 is 0 Å². The number of hydrogen-bond donors (Lipinski definition) is 4. The van der Waals surface area contributed by atoms with Crippen molar-refractivity contribution in [2.24, 2.45) is 0 Å². The largest absolute Gasteiger partial charge is 0.379 e. The van der Waals surface area contributed by atoms with Crippen LogP contribution in [0.1, 0.15) is 12.6 Å². The summed E-state index contributed by atoms with van der Waals surface area (Å²) in [4.78, 5) is 37.2. The van der Waals surface area contributed by atoms with Gasteiger partial charge in [-0.05, 0) is 24.3 Å². The second kappa shape index (κ2) is 6.99. The van der Waals surface area contributed by atoms with Crippen LogP contribution in [0.4, 0.5) is 11.6 Å². The number of aromatic amines is 1. The Bertz CT molecular complexity index is 1170. The highest BCUT2D eigenvalue weighted by Gasteiger charge is 2.15. The van der Waals surface area contributed by atoms with E-state index < -0.39 is 21.5 Å². The van der Waals surface area contributed by atoms with Crippen LogP contribution in [-0.4, -0.2) is 34.3 Å². The Morgan fingerprint density at radius 1 is 1.22 bits per heavy atom. The van der Waals surface area contributed by atoms with Crippen molar-refractivity contribution >= 4 is 38.7 Å². The van der Waals surface area contributed by atoms with Crippen molar-refractivity contribution in [3.63, 3.8) is 0 Å². The predicted molar refractivity (Wildman–Crippen MR) is 97.1 cm³/mol. The molecule has 3 aromatic rings. The predicted octanol–water partition coefficient (Wildman–Crippen LogP) is -0.268. The molecule has 12 heteroatoms. The first-order valence-electron chi connectivity index (χ1n) is 7.63. The molecule has 2 heterocycles. The van der Waals surface area contributed by atoms with Gasteiger partial charge in [0, 0.05) is 12.6 Å². The molecule has 1 aromatic carbocycles. The molecule has 0 fully saturated rings. The second-order valence-corrected chi connectivity index (χ2v) is 7.21. The summed E-state index contributed by atoms with van der Waals surface area (Å²) in [5.74, 6) is -0.708. The summed E-state index contributed by atoms with van der Waals surface area (Å²) in [6.07, 6.45) is 1.46. The molecule has 0 saturated carbocycles. The Morgan fingerprint density at radius 3 is 2.59 bits per heavy atom. The van der Waals surface area contributed by atoms with Crippen LogP contribution in [0.25, 0.3) is 11.2 Å². The van der Waals surface area contributed by atoms with E-state index in [1.54, 1.807) is 0 Å². The molecule has 0 unspecified atom stereocenters. The van der Waals surface area contributed by atoms with Gasteiger partial charge in [-0.3, -0.25) is 14.6 Å². The average Bonchev–Trinajstić information content (AvgIpc) is 2.59. The number of hydrogen-bond acceptors (Lipinski definition) is 9. The van der Waals surface area contributed by atoms with Crippen molar-refractivity contribution in [3.8, 4) is 0 Å². The number of anilines is 2. The van der Waals surface area contributed by atoms with Crippen LogP contribution in [0.15, 0.2) is 40.2 Å². The van der Waals surface area contributed by atoms with Crippen molar-refractivity contribution < 1.29 is 13.2 Å². The van der Waals surface area contributed by atoms with E-state index in [2.05, 4.69) is 25.3 Å². The van der Waals surface area contributed by atoms with E-state index in [1.165, 1.54) is 30.5 Å². The number of benzene rings is 1. The van der Waals surface area contributed by atoms with Crippen LogP contribution in [-0.2, 0) is 21.4 Å². The molecule has 1 amide bonds. The van der Waals surface area contributed by atoms with Gasteiger partial charge in [-0.15, -0.1) is 0 Å². The summed E-state index contributed by atoms with van der Waals surface area (Å²) in [6, 6.07) is 5.80. The van der Waals surface area contributed by atoms with Crippen LogP contribution in [0.3, 0.4) is 0 Å². The molecule has 11 nitrogen and oxygen atoms in total. The first-order valence-corrected chi connectivity index (χ1v) is 9.12. The lowest BCUT2D eigenvalue weighted by Gasteiger charge is -2.08. The van der Waals surface area contributed by atoms with Gasteiger partial charge in [-0.25, -0.2) is 23.1 Å². The fraction of sp³-hybridized carbons (Fsp3) is 0.133. The summed E-state index contributed by atoms with van der Waals surface area (Å²) in [7, 11) is -3.88. The highest BCUT2D eigenvalue weighted by atomic mass is 32.2. The maximum atomic E-state index is 11.9. The number of carbonyl (C=O) groups excluding carboxylic acids is 1. The van der Waals surface area contributed by atoms with Crippen molar-refractivity contribution in [2.75, 3.05) is 11.1 Å². The first kappa shape index (κ1) is 18.3. The number of sulfonamides is 1. The Labute approximate surface area is 153 Å². The minimum Gasteiger partial charge on any atom is -0.379 e. The Morgan fingerprint density at radius 2 is 1.93 bits per heavy atom. The first-order chi connectivity index (χ1) is 12.7. The summed E-state index contributed by atoms with van der Waals surface area (Å²) in [5, 5.41) is 3.03. The monoisotopic (exact) mass is 389 g/mol. The number of nitrogen functional groups attached to an aromatic ring is 1. The zero-order chi connectivity index (χ0) is 19.6. The van der Waals surface area contributed by atoms with E-state index in [4.69, 9.17) is 5.73 Å². The number of carbonyl (C=O) groups is 1. The minimum atomic E-state index is -3.88. The van der Waals surface area contributed by atoms with E-state index in [0.717, 1.165) is 6.92 Å². The summed E-state index contributed by atoms with van der Waals surface area (Å²) in [5.41, 5.74) is 6.28. The van der Waals surface area contributed by atoms with Crippen LogP contribution in [0, 0.1) is 0 Å². The molecule has 0 aliphatic rings. The van der Waals surface area contributed by atoms with Gasteiger partial charge in [0.05, 0.1) is 23.3 Å². The van der Waals surface area contributed by atoms with Gasteiger partial charge in [0.15, 0.2) is 11.2 Å². The Kier molecular flexibility index (Phi) is 4.73. The third-order valence-electron chi connectivity index (χ3n) is 3.40. The number of nitrogens with one attached hydrogen (secondary N) is 3. The normalized spacial score (nSPS) is 11.3. The van der Waals surface area contributed by atoms with E-state index in [-0.39, 0.29) is 28.6 Å². The number of amides is 1. The maximum absolute atomic E-state index is 11.9. The molecule has 2 aromatic heterocycles. The number of nitrogens with two attached hydrogens (primary N) is 1. The van der Waals surface area contributed by atoms with Crippen LogP contribution in [0.2, 0.25) is 0 Å². The SMILES string of the molecule is CC(=O)NS(=O)(=O)c1ccc(NCc2cnc3nc(N)[nH]c(=O)c3n2)cc1. The molecule has 3 rings (SSSR count). The molecule has 0 atom stereocenters. The molecule has 0 saturated heterocycles. The number of fused-ring (bicyclic) bond motifs is 1. The smallest absolute Gasteiger partial charge is 0.280 e. The fourth-order valence-corrected chi connectivity index (χ4v) is 3.24. The number of nitrogens with zero attached hydrogens (tertiary/aromatic N) is 3. The zero-order valence-corrected chi connectivity index (χ0v) is 14.9. The molecule has 0 radical (unpaired) electrons. The maximum Gasteiger partial charge on any atom is 0.280 e. The van der Waals surface area contributed by atoms with Gasteiger partial charge in [-0.1, -0.05) is 0 Å². The van der Waals surface area contributed by atoms with Crippen LogP contribution < -0.4 is 21.3 Å². The molecular formula is C15H15N7O4S. The Hall–Kier alpha value is -3.54. The standard InChI is InChI=1S/C15H15N7O4S/c1-8(23)22-27(25,26)11-4-2-9(3-5-11)17-6-10-7-18-13-12(19-10)14(24)21-15(16)20-13/h2-5,7,17H,6H2,1H3,(H,22,23)(H3,16,18,20,21,24). The van der Waals surface area contributed by atoms with E-state index >= 15 is 0 Å². The highest BCUT2D eigenvalue weighted by molar-refractivity contribution is 7.90. The lowest BCUT2D eigenvalue weighted by molar-refractivity contribution is -0.117. The quantitative estimate of drug-likeness (QED) is 0.458. The lowest BCUT2D eigenvalue weighted by Crippen LogP contribution is -2.28. The third kappa shape index (κ3) is 4.17. The molecule has 140 valence electrons. The second-order valence-electron chi connectivity index (χ2n) is 5.52. The third-order valence-corrected chi connectivity index (χ3v) is 4.85. The van der Waals surface area contributed by atoms with Crippen LogP contribution in [0.5, 0.6) is 0 Å². The highest BCUT2D eigenvalue weighted by Crippen LogP contribution is 2.15. The molecule has 27 heavy (non-hydrogen) atoms. The molecule has 0 bridgehead atoms. The molecule has 0 aliphatic carbocycles. The summed E-state index contributed by atoms with van der Waals surface area (Å²) >= 11 is 0. The molecular weight excluding hydrogens is 374 g/mol. The van der Waals surface area contributed by atoms with Gasteiger partial charge < -0.3 is 11.1 Å². The topological polar surface area (TPSA) is 173 Å². The molecule has 5 N–H and O–H groups in total. The van der Waals surface area contributed by atoms with Crippen molar-refractivity contribution in [1.82, 2.24) is 24.7 Å². The van der Waals surface area contributed by atoms with E-state index in [1.807, 2.05) is 4.72 Å². The van der Waals surface area contributed by atoms with Gasteiger partial charge in [-0.2, -0.15) is 4.98 Å². The number of H-pyrrole nitrogens is 1.